The number of benzene rings is 1. The van der Waals surface area contributed by atoms with Gasteiger partial charge in [-0.05, 0) is 18.6 Å². The van der Waals surface area contributed by atoms with Gasteiger partial charge in [0, 0.05) is 12.5 Å². The van der Waals surface area contributed by atoms with Crippen LogP contribution in [-0.4, -0.2) is 12.9 Å². The molecule has 0 bridgehead atoms. The van der Waals surface area contributed by atoms with Gasteiger partial charge in [-0.25, -0.2) is 4.39 Å². The van der Waals surface area contributed by atoms with Crippen molar-refractivity contribution in [1.29, 1.82) is 0 Å². The van der Waals surface area contributed by atoms with Crippen molar-refractivity contribution in [2.45, 2.75) is 19.8 Å². The molecule has 3 heteroatoms. The molecule has 0 aliphatic rings. The van der Waals surface area contributed by atoms with Crippen molar-refractivity contribution in [1.82, 2.24) is 0 Å². The number of ketones is 1. The van der Waals surface area contributed by atoms with Crippen LogP contribution in [0.5, 0.6) is 5.75 Å². The van der Waals surface area contributed by atoms with Crippen LogP contribution in [0.15, 0.2) is 18.2 Å². The Kier molecular flexibility index (Phi) is 3.63. The summed E-state index contributed by atoms with van der Waals surface area (Å²) in [6.07, 6.45) is 1.24. The molecule has 2 nitrogen and oxygen atoms in total. The summed E-state index contributed by atoms with van der Waals surface area (Å²) in [4.78, 5) is 11.5. The lowest BCUT2D eigenvalue weighted by atomic mass is 10.1. The van der Waals surface area contributed by atoms with Crippen molar-refractivity contribution in [3.63, 3.8) is 0 Å². The molecule has 1 aromatic carbocycles. The minimum Gasteiger partial charge on any atom is -0.496 e. The summed E-state index contributed by atoms with van der Waals surface area (Å²) in [6.45, 7) is 1.92. The van der Waals surface area contributed by atoms with E-state index >= 15 is 0 Å². The third kappa shape index (κ3) is 2.31. The topological polar surface area (TPSA) is 26.3 Å². The van der Waals surface area contributed by atoms with Gasteiger partial charge in [0.2, 0.25) is 0 Å². The normalized spacial score (nSPS) is 9.93. The van der Waals surface area contributed by atoms with E-state index in [0.29, 0.717) is 17.7 Å². The summed E-state index contributed by atoms with van der Waals surface area (Å²) in [7, 11) is 1.43. The van der Waals surface area contributed by atoms with Crippen molar-refractivity contribution in [2.75, 3.05) is 7.11 Å². The second-order valence-electron chi connectivity index (χ2n) is 3.02. The van der Waals surface area contributed by atoms with E-state index < -0.39 is 5.82 Å². The van der Waals surface area contributed by atoms with Gasteiger partial charge in [-0.3, -0.25) is 4.79 Å². The van der Waals surface area contributed by atoms with Crippen LogP contribution < -0.4 is 4.74 Å². The van der Waals surface area contributed by atoms with E-state index in [1.165, 1.54) is 25.3 Å². The number of carbonyl (C=O) groups is 1. The number of halogens is 1. The predicted molar refractivity (Wildman–Crippen MR) is 52.2 cm³/mol. The van der Waals surface area contributed by atoms with Crippen LogP contribution in [-0.2, 0) is 0 Å². The van der Waals surface area contributed by atoms with E-state index in [1.54, 1.807) is 0 Å². The van der Waals surface area contributed by atoms with Gasteiger partial charge in [0.1, 0.15) is 11.6 Å². The summed E-state index contributed by atoms with van der Waals surface area (Å²) in [6, 6.07) is 3.96. The molecule has 0 amide bonds. The molecule has 0 saturated carbocycles. The van der Waals surface area contributed by atoms with Gasteiger partial charge in [0.05, 0.1) is 12.7 Å². The SMILES string of the molecule is CCCC(=O)c1ccc(F)cc1OC. The molecule has 0 fully saturated rings. The molecule has 1 rings (SSSR count). The second-order valence-corrected chi connectivity index (χ2v) is 3.02. The van der Waals surface area contributed by atoms with Gasteiger partial charge in [-0.1, -0.05) is 6.92 Å². The number of carbonyl (C=O) groups excluding carboxylic acids is 1. The van der Waals surface area contributed by atoms with E-state index in [2.05, 4.69) is 0 Å². The first-order valence-electron chi connectivity index (χ1n) is 4.55. The zero-order chi connectivity index (χ0) is 10.6. The first-order chi connectivity index (χ1) is 6.69. The largest absolute Gasteiger partial charge is 0.496 e. The van der Waals surface area contributed by atoms with Gasteiger partial charge in [0.25, 0.3) is 0 Å². The lowest BCUT2D eigenvalue weighted by molar-refractivity contribution is 0.0978. The smallest absolute Gasteiger partial charge is 0.166 e. The highest BCUT2D eigenvalue weighted by atomic mass is 19.1. The Morgan fingerprint density at radius 2 is 2.21 bits per heavy atom. The predicted octanol–water partition coefficient (Wildman–Crippen LogP) is 2.82. The summed E-state index contributed by atoms with van der Waals surface area (Å²) in [5.74, 6) is -0.0947. The third-order valence-electron chi connectivity index (χ3n) is 1.94. The number of Topliss-reactive ketones (excluding diaryl/α,β-unsaturated/α-hetero) is 1. The number of hydrogen-bond donors (Lipinski definition) is 0. The van der Waals surface area contributed by atoms with Crippen molar-refractivity contribution >= 4 is 5.78 Å². The molecule has 0 atom stereocenters. The molecule has 0 N–H and O–H groups in total. The molecule has 0 radical (unpaired) electrons. The average Bonchev–Trinajstić information content (AvgIpc) is 2.17. The molecule has 0 unspecified atom stereocenters. The molecule has 76 valence electrons. The van der Waals surface area contributed by atoms with E-state index in [0.717, 1.165) is 6.42 Å². The van der Waals surface area contributed by atoms with E-state index in [-0.39, 0.29) is 5.78 Å². The second kappa shape index (κ2) is 4.74. The fourth-order valence-corrected chi connectivity index (χ4v) is 1.26. The number of hydrogen-bond acceptors (Lipinski definition) is 2. The van der Waals surface area contributed by atoms with E-state index in [4.69, 9.17) is 4.74 Å². The minimum atomic E-state index is -0.394. The third-order valence-corrected chi connectivity index (χ3v) is 1.94. The Bertz CT molecular complexity index is 334. The summed E-state index contributed by atoms with van der Waals surface area (Å²) >= 11 is 0. The maximum absolute atomic E-state index is 12.8. The Hall–Kier alpha value is -1.38. The summed E-state index contributed by atoms with van der Waals surface area (Å²) < 4.78 is 17.7. The Morgan fingerprint density at radius 1 is 1.50 bits per heavy atom. The zero-order valence-electron chi connectivity index (χ0n) is 8.34. The Balaban J connectivity index is 3.01. The van der Waals surface area contributed by atoms with Crippen molar-refractivity contribution < 1.29 is 13.9 Å². The van der Waals surface area contributed by atoms with Crippen molar-refractivity contribution in [3.05, 3.63) is 29.6 Å². The van der Waals surface area contributed by atoms with Gasteiger partial charge in [-0.2, -0.15) is 0 Å². The molecule has 0 aromatic heterocycles. The lowest BCUT2D eigenvalue weighted by Gasteiger charge is -2.06. The van der Waals surface area contributed by atoms with Gasteiger partial charge < -0.3 is 4.74 Å². The van der Waals surface area contributed by atoms with Crippen LogP contribution in [0.2, 0.25) is 0 Å². The van der Waals surface area contributed by atoms with Crippen molar-refractivity contribution in [3.8, 4) is 5.75 Å². The summed E-state index contributed by atoms with van der Waals surface area (Å²) in [5.41, 5.74) is 0.454. The number of ether oxygens (including phenoxy) is 1. The van der Waals surface area contributed by atoms with Crippen molar-refractivity contribution in [2.24, 2.45) is 0 Å². The minimum absolute atomic E-state index is 0.00986. The average molecular weight is 196 g/mol. The molecule has 0 aliphatic carbocycles. The Labute approximate surface area is 82.7 Å². The maximum atomic E-state index is 12.8. The van der Waals surface area contributed by atoms with Crippen LogP contribution in [0, 0.1) is 5.82 Å². The highest BCUT2D eigenvalue weighted by Gasteiger charge is 2.11. The Morgan fingerprint density at radius 3 is 2.79 bits per heavy atom. The molecule has 0 aliphatic heterocycles. The van der Waals surface area contributed by atoms with Gasteiger partial charge in [0.15, 0.2) is 5.78 Å². The molecule has 0 spiro atoms. The fourth-order valence-electron chi connectivity index (χ4n) is 1.26. The molecular weight excluding hydrogens is 183 g/mol. The van der Waals surface area contributed by atoms with Crippen LogP contribution in [0.3, 0.4) is 0 Å². The van der Waals surface area contributed by atoms with E-state index in [9.17, 15) is 9.18 Å². The fraction of sp³-hybridized carbons (Fsp3) is 0.364. The highest BCUT2D eigenvalue weighted by Crippen LogP contribution is 2.21. The number of methoxy groups -OCH3 is 1. The van der Waals surface area contributed by atoms with Crippen LogP contribution in [0.4, 0.5) is 4.39 Å². The van der Waals surface area contributed by atoms with Crippen LogP contribution >= 0.6 is 0 Å². The maximum Gasteiger partial charge on any atom is 0.166 e. The highest BCUT2D eigenvalue weighted by molar-refractivity contribution is 5.98. The standard InChI is InChI=1S/C11H13FO2/c1-3-4-10(13)9-6-5-8(12)7-11(9)14-2/h5-7H,3-4H2,1-2H3. The lowest BCUT2D eigenvalue weighted by Crippen LogP contribution is -2.01. The number of rotatable bonds is 4. The zero-order valence-corrected chi connectivity index (χ0v) is 8.34. The quantitative estimate of drug-likeness (QED) is 0.692. The van der Waals surface area contributed by atoms with Gasteiger partial charge in [-0.15, -0.1) is 0 Å². The van der Waals surface area contributed by atoms with Gasteiger partial charge >= 0.3 is 0 Å². The summed E-state index contributed by atoms with van der Waals surface area (Å²) in [5, 5.41) is 0. The first-order valence-corrected chi connectivity index (χ1v) is 4.55. The van der Waals surface area contributed by atoms with E-state index in [1.807, 2.05) is 6.92 Å². The molecular formula is C11H13FO2. The molecule has 14 heavy (non-hydrogen) atoms. The molecule has 0 saturated heterocycles. The first kappa shape index (κ1) is 10.7. The monoisotopic (exact) mass is 196 g/mol. The molecule has 1 aromatic rings. The van der Waals surface area contributed by atoms with Crippen LogP contribution in [0.25, 0.3) is 0 Å². The van der Waals surface area contributed by atoms with Crippen LogP contribution in [0.1, 0.15) is 30.1 Å². The molecule has 0 heterocycles.